The van der Waals surface area contributed by atoms with Crippen molar-refractivity contribution >= 4 is 40.5 Å². The zero-order chi connectivity index (χ0) is 22.5. The molecule has 31 heavy (non-hydrogen) atoms. The van der Waals surface area contributed by atoms with Gasteiger partial charge in [-0.15, -0.1) is 0 Å². The van der Waals surface area contributed by atoms with Gasteiger partial charge in [-0.2, -0.15) is 0 Å². The lowest BCUT2D eigenvalue weighted by Crippen LogP contribution is -2.47. The Balaban J connectivity index is 1.44. The Hall–Kier alpha value is -2.75. The third-order valence-corrected chi connectivity index (χ3v) is 5.92. The van der Waals surface area contributed by atoms with E-state index in [9.17, 15) is 25.1 Å². The molecule has 2 aromatic carbocycles. The average molecular weight is 469 g/mol. The van der Waals surface area contributed by atoms with Crippen LogP contribution in [0.2, 0.25) is 10.0 Å². The van der Waals surface area contributed by atoms with Gasteiger partial charge in [0.2, 0.25) is 5.75 Å². The van der Waals surface area contributed by atoms with Crippen molar-refractivity contribution < 1.29 is 19.9 Å². The van der Waals surface area contributed by atoms with Crippen molar-refractivity contribution in [3.63, 3.8) is 0 Å². The second-order valence-electron chi connectivity index (χ2n) is 7.13. The largest absolute Gasteiger partial charge is 0.504 e. The summed E-state index contributed by atoms with van der Waals surface area (Å²) in [5.41, 5.74) is 0.115. The maximum atomic E-state index is 12.2. The summed E-state index contributed by atoms with van der Waals surface area (Å²) in [6, 6.07) is 7.52. The van der Waals surface area contributed by atoms with Gasteiger partial charge in [0, 0.05) is 38.8 Å². The van der Waals surface area contributed by atoms with Crippen LogP contribution in [-0.2, 0) is 0 Å². The molecule has 0 atom stereocenters. The molecule has 2 aromatic rings. The van der Waals surface area contributed by atoms with E-state index in [4.69, 9.17) is 23.2 Å². The second-order valence-corrected chi connectivity index (χ2v) is 7.92. The number of hydrogen-bond donors (Lipinski definition) is 3. The second kappa shape index (κ2) is 10.0. The predicted octanol–water partition coefficient (Wildman–Crippen LogP) is 3.25. The van der Waals surface area contributed by atoms with Gasteiger partial charge in [0.05, 0.1) is 26.2 Å². The minimum Gasteiger partial charge on any atom is -0.504 e. The highest BCUT2D eigenvalue weighted by Crippen LogP contribution is 2.36. The van der Waals surface area contributed by atoms with Crippen LogP contribution < -0.4 is 10.2 Å². The molecule has 0 unspecified atom stereocenters. The molecule has 1 aliphatic rings. The van der Waals surface area contributed by atoms with Crippen LogP contribution in [0.4, 0.5) is 11.4 Å². The molecule has 0 bridgehead atoms. The number of carbonyl (C=O) groups is 1. The first kappa shape index (κ1) is 22.9. The topological polar surface area (TPSA) is 119 Å². The molecule has 1 amide bonds. The first-order valence-corrected chi connectivity index (χ1v) is 10.4. The third kappa shape index (κ3) is 5.49. The van der Waals surface area contributed by atoms with Crippen molar-refractivity contribution in [1.82, 2.24) is 10.2 Å². The Morgan fingerprint density at radius 2 is 1.87 bits per heavy atom. The molecule has 1 fully saturated rings. The number of aromatic hydroxyl groups is 2. The highest BCUT2D eigenvalue weighted by Gasteiger charge is 2.22. The molecule has 1 saturated heterocycles. The SMILES string of the molecule is O=C(NCCCN1CCN(c2cccc(Cl)c2Cl)CC1)c1cc(O)c(O)c([N+](=O)[O-])c1. The van der Waals surface area contributed by atoms with E-state index in [1.807, 2.05) is 12.1 Å². The number of benzene rings is 2. The van der Waals surface area contributed by atoms with Crippen LogP contribution in [0, 0.1) is 10.1 Å². The third-order valence-electron chi connectivity index (χ3n) is 5.11. The van der Waals surface area contributed by atoms with Gasteiger partial charge in [-0.3, -0.25) is 19.8 Å². The zero-order valence-corrected chi connectivity index (χ0v) is 18.1. The number of piperazine rings is 1. The normalized spacial score (nSPS) is 14.5. The first-order valence-electron chi connectivity index (χ1n) is 9.68. The first-order chi connectivity index (χ1) is 14.8. The van der Waals surface area contributed by atoms with E-state index < -0.39 is 28.0 Å². The van der Waals surface area contributed by atoms with Gasteiger partial charge >= 0.3 is 5.69 Å². The molecular weight excluding hydrogens is 447 g/mol. The summed E-state index contributed by atoms with van der Waals surface area (Å²) in [5, 5.41) is 33.8. The highest BCUT2D eigenvalue weighted by molar-refractivity contribution is 6.43. The van der Waals surface area contributed by atoms with Crippen LogP contribution >= 0.6 is 23.2 Å². The number of carbonyl (C=O) groups excluding carboxylic acids is 1. The molecule has 9 nitrogen and oxygen atoms in total. The minimum atomic E-state index is -0.861. The quantitative estimate of drug-likeness (QED) is 0.247. The number of anilines is 1. The number of rotatable bonds is 7. The summed E-state index contributed by atoms with van der Waals surface area (Å²) in [6.07, 6.45) is 0.690. The lowest BCUT2D eigenvalue weighted by atomic mass is 10.1. The Kier molecular flexibility index (Phi) is 7.42. The molecule has 0 saturated carbocycles. The monoisotopic (exact) mass is 468 g/mol. The van der Waals surface area contributed by atoms with Crippen LogP contribution in [-0.4, -0.2) is 65.2 Å². The fraction of sp³-hybridized carbons (Fsp3) is 0.350. The number of nitro groups is 1. The fourth-order valence-electron chi connectivity index (χ4n) is 3.43. The molecular formula is C20H22Cl2N4O5. The smallest absolute Gasteiger partial charge is 0.315 e. The average Bonchev–Trinajstić information content (AvgIpc) is 2.75. The predicted molar refractivity (Wildman–Crippen MR) is 118 cm³/mol. The van der Waals surface area contributed by atoms with Crippen LogP contribution in [0.5, 0.6) is 11.5 Å². The van der Waals surface area contributed by atoms with E-state index >= 15 is 0 Å². The van der Waals surface area contributed by atoms with Crippen molar-refractivity contribution in [2.24, 2.45) is 0 Å². The zero-order valence-electron chi connectivity index (χ0n) is 16.6. The molecule has 0 aromatic heterocycles. The summed E-state index contributed by atoms with van der Waals surface area (Å²) < 4.78 is 0. The molecule has 0 aliphatic carbocycles. The van der Waals surface area contributed by atoms with Gasteiger partial charge < -0.3 is 20.4 Å². The number of phenolic OH excluding ortho intramolecular Hbond substituents is 2. The van der Waals surface area contributed by atoms with E-state index in [1.54, 1.807) is 6.07 Å². The summed E-state index contributed by atoms with van der Waals surface area (Å²) >= 11 is 12.4. The van der Waals surface area contributed by atoms with Gasteiger partial charge in [0.1, 0.15) is 0 Å². The molecule has 1 aliphatic heterocycles. The maximum absolute atomic E-state index is 12.2. The summed E-state index contributed by atoms with van der Waals surface area (Å²) in [7, 11) is 0. The van der Waals surface area contributed by atoms with Gasteiger partial charge in [-0.25, -0.2) is 0 Å². The Morgan fingerprint density at radius 1 is 1.16 bits per heavy atom. The van der Waals surface area contributed by atoms with E-state index in [0.717, 1.165) is 50.5 Å². The molecule has 166 valence electrons. The summed E-state index contributed by atoms with van der Waals surface area (Å²) in [5.74, 6) is -2.13. The van der Waals surface area contributed by atoms with Crippen molar-refractivity contribution in [2.45, 2.75) is 6.42 Å². The summed E-state index contributed by atoms with van der Waals surface area (Å²) in [6.45, 7) is 4.45. The number of halogens is 2. The van der Waals surface area contributed by atoms with Crippen LogP contribution in [0.15, 0.2) is 30.3 Å². The lowest BCUT2D eigenvalue weighted by Gasteiger charge is -2.36. The van der Waals surface area contributed by atoms with Crippen LogP contribution in [0.1, 0.15) is 16.8 Å². The van der Waals surface area contributed by atoms with Crippen molar-refractivity contribution in [1.29, 1.82) is 0 Å². The number of amides is 1. The van der Waals surface area contributed by atoms with Crippen LogP contribution in [0.25, 0.3) is 0 Å². The molecule has 3 N–H and O–H groups in total. The number of nitrogens with zero attached hydrogens (tertiary/aromatic N) is 3. The van der Waals surface area contributed by atoms with E-state index in [0.29, 0.717) is 23.0 Å². The number of nitro benzene ring substituents is 1. The fourth-order valence-corrected chi connectivity index (χ4v) is 3.85. The van der Waals surface area contributed by atoms with Crippen LogP contribution in [0.3, 0.4) is 0 Å². The molecule has 0 radical (unpaired) electrons. The van der Waals surface area contributed by atoms with E-state index in [2.05, 4.69) is 15.1 Å². The van der Waals surface area contributed by atoms with Gasteiger partial charge in [0.25, 0.3) is 5.91 Å². The Bertz CT molecular complexity index is 980. The molecule has 1 heterocycles. The van der Waals surface area contributed by atoms with E-state index in [-0.39, 0.29) is 5.56 Å². The number of phenols is 2. The van der Waals surface area contributed by atoms with E-state index in [1.165, 1.54) is 0 Å². The molecule has 0 spiro atoms. The van der Waals surface area contributed by atoms with Crippen molar-refractivity contribution in [3.8, 4) is 11.5 Å². The van der Waals surface area contributed by atoms with Gasteiger partial charge in [-0.1, -0.05) is 29.3 Å². The number of nitrogens with one attached hydrogen (secondary N) is 1. The number of hydrogen-bond acceptors (Lipinski definition) is 7. The molecule has 11 heteroatoms. The Morgan fingerprint density at radius 3 is 2.55 bits per heavy atom. The standard InChI is InChI=1S/C20H22Cl2N4O5/c21-14-3-1-4-15(18(14)22)25-9-7-24(8-10-25)6-2-5-23-20(29)13-11-16(26(30)31)19(28)17(27)12-13/h1,3-4,11-12,27-28H,2,5-10H2,(H,23,29). The van der Waals surface area contributed by atoms with Crippen molar-refractivity contribution in [3.05, 3.63) is 56.1 Å². The summed E-state index contributed by atoms with van der Waals surface area (Å²) in [4.78, 5) is 26.7. The molecule has 3 rings (SSSR count). The van der Waals surface area contributed by atoms with Gasteiger partial charge in [-0.05, 0) is 31.2 Å². The minimum absolute atomic E-state index is 0.0889. The highest BCUT2D eigenvalue weighted by atomic mass is 35.5. The Labute approximate surface area is 188 Å². The maximum Gasteiger partial charge on any atom is 0.315 e. The van der Waals surface area contributed by atoms with Gasteiger partial charge in [0.15, 0.2) is 5.75 Å². The lowest BCUT2D eigenvalue weighted by molar-refractivity contribution is -0.386. The van der Waals surface area contributed by atoms with Crippen molar-refractivity contribution in [2.75, 3.05) is 44.2 Å².